The van der Waals surface area contributed by atoms with Gasteiger partial charge in [-0.05, 0) is 88.9 Å². The summed E-state index contributed by atoms with van der Waals surface area (Å²) in [5, 5.41) is 18.2. The zero-order valence-corrected chi connectivity index (χ0v) is 27.3. The van der Waals surface area contributed by atoms with E-state index in [1.165, 1.54) is 27.7 Å². The molecule has 0 heterocycles. The highest BCUT2D eigenvalue weighted by atomic mass is 16.6. The van der Waals surface area contributed by atoms with Crippen molar-refractivity contribution < 1.29 is 48.3 Å². The first-order chi connectivity index (χ1) is 19.4. The summed E-state index contributed by atoms with van der Waals surface area (Å²) in [5.41, 5.74) is 0. The Labute approximate surface area is 252 Å². The lowest BCUT2D eigenvalue weighted by Crippen LogP contribution is -2.39. The van der Waals surface area contributed by atoms with Crippen LogP contribution in [-0.4, -0.2) is 70.7 Å². The number of aliphatic hydroxyl groups is 2. The molecule has 0 aromatic carbocycles. The highest BCUT2D eigenvalue weighted by Gasteiger charge is 2.36. The Kier molecular flexibility index (Phi) is 16.0. The van der Waals surface area contributed by atoms with Crippen molar-refractivity contribution in [2.24, 2.45) is 35.5 Å². The molecule has 0 unspecified atom stereocenters. The van der Waals surface area contributed by atoms with Crippen molar-refractivity contribution in [3.63, 3.8) is 0 Å². The summed E-state index contributed by atoms with van der Waals surface area (Å²) in [6, 6.07) is 0. The van der Waals surface area contributed by atoms with E-state index in [4.69, 9.17) is 29.2 Å². The maximum Gasteiger partial charge on any atom is 0.347 e. The third-order valence-corrected chi connectivity index (χ3v) is 8.39. The van der Waals surface area contributed by atoms with Gasteiger partial charge in [0, 0.05) is 0 Å². The van der Waals surface area contributed by atoms with Crippen LogP contribution in [0.4, 0.5) is 0 Å². The molecule has 0 amide bonds. The molecule has 0 bridgehead atoms. The SMILES string of the molecule is CC(C)[C@@H]1CC[C@@H](C)C[C@H]1OC(=O)[C@@H](C)OC(=O)[C@H](C)O.CC(C)[C@@H]1CC[C@@H](C)C[C@H]1OC(=O)[C@H](C)OC(=O)[C@H](C)O. The molecule has 2 fully saturated rings. The number of carbonyl (C=O) groups excluding carboxylic acids is 4. The molecule has 0 spiro atoms. The number of aliphatic hydroxyl groups excluding tert-OH is 2. The Morgan fingerprint density at radius 2 is 0.857 bits per heavy atom. The highest BCUT2D eigenvalue weighted by Crippen LogP contribution is 2.36. The topological polar surface area (TPSA) is 146 Å². The second kappa shape index (κ2) is 17.8. The molecule has 0 aliphatic heterocycles. The normalized spacial score (nSPS) is 28.8. The van der Waals surface area contributed by atoms with E-state index in [0.717, 1.165) is 38.5 Å². The van der Waals surface area contributed by atoms with Crippen molar-refractivity contribution in [2.45, 2.75) is 144 Å². The van der Waals surface area contributed by atoms with Crippen LogP contribution in [0.25, 0.3) is 0 Å². The molecule has 2 N–H and O–H groups in total. The average Bonchev–Trinajstić information content (AvgIpc) is 2.88. The van der Waals surface area contributed by atoms with Gasteiger partial charge in [0.15, 0.2) is 12.2 Å². The van der Waals surface area contributed by atoms with Crippen LogP contribution in [0.5, 0.6) is 0 Å². The van der Waals surface area contributed by atoms with E-state index in [2.05, 4.69) is 41.5 Å². The first-order valence-corrected chi connectivity index (χ1v) is 15.6. The van der Waals surface area contributed by atoms with Gasteiger partial charge in [0.25, 0.3) is 0 Å². The third-order valence-electron chi connectivity index (χ3n) is 8.39. The molecule has 2 aliphatic carbocycles. The van der Waals surface area contributed by atoms with E-state index in [-0.39, 0.29) is 12.2 Å². The Hall–Kier alpha value is -2.20. The van der Waals surface area contributed by atoms with Crippen LogP contribution in [0.3, 0.4) is 0 Å². The number of rotatable bonds is 10. The fourth-order valence-electron chi connectivity index (χ4n) is 5.63. The van der Waals surface area contributed by atoms with E-state index in [1.807, 2.05) is 0 Å². The summed E-state index contributed by atoms with van der Waals surface area (Å²) < 4.78 is 20.9. The summed E-state index contributed by atoms with van der Waals surface area (Å²) in [7, 11) is 0. The molecule has 0 saturated heterocycles. The molecule has 2 saturated carbocycles. The van der Waals surface area contributed by atoms with Gasteiger partial charge in [-0.3, -0.25) is 0 Å². The van der Waals surface area contributed by atoms with Crippen LogP contribution >= 0.6 is 0 Å². The van der Waals surface area contributed by atoms with E-state index in [9.17, 15) is 19.2 Å². The minimum absolute atomic E-state index is 0.117. The standard InChI is InChI=1S/2C16H28O5/c2*1-9(2)13-7-6-10(3)8-14(13)21-16(19)12(5)20-15(18)11(4)17/h2*9-14,17H,6-8H2,1-5H3/t10-,11+,12+,13+,14-;10-,11+,12-,13+,14-/m11/s1. The maximum absolute atomic E-state index is 12.1. The van der Waals surface area contributed by atoms with Gasteiger partial charge in [0.2, 0.25) is 0 Å². The second-order valence-electron chi connectivity index (χ2n) is 13.1. The van der Waals surface area contributed by atoms with Crippen LogP contribution < -0.4 is 0 Å². The minimum atomic E-state index is -1.24. The predicted molar refractivity (Wildman–Crippen MR) is 157 cm³/mol. The van der Waals surface area contributed by atoms with Crippen molar-refractivity contribution in [1.29, 1.82) is 0 Å². The van der Waals surface area contributed by atoms with Gasteiger partial charge in [-0.15, -0.1) is 0 Å². The Morgan fingerprint density at radius 3 is 1.12 bits per heavy atom. The minimum Gasteiger partial charge on any atom is -0.459 e. The van der Waals surface area contributed by atoms with Gasteiger partial charge >= 0.3 is 23.9 Å². The predicted octanol–water partition coefficient (Wildman–Crippen LogP) is 4.61. The van der Waals surface area contributed by atoms with Crippen LogP contribution in [0.15, 0.2) is 0 Å². The van der Waals surface area contributed by atoms with Gasteiger partial charge in [-0.25, -0.2) is 19.2 Å². The zero-order valence-electron chi connectivity index (χ0n) is 27.3. The lowest BCUT2D eigenvalue weighted by atomic mass is 9.75. The first-order valence-electron chi connectivity index (χ1n) is 15.6. The molecule has 2 aliphatic rings. The summed E-state index contributed by atoms with van der Waals surface area (Å²) in [5.74, 6) is -0.0108. The summed E-state index contributed by atoms with van der Waals surface area (Å²) in [6.07, 6.45) is 1.44. The van der Waals surface area contributed by atoms with Gasteiger partial charge < -0.3 is 29.2 Å². The molecule has 0 radical (unpaired) electrons. The van der Waals surface area contributed by atoms with E-state index < -0.39 is 48.3 Å². The van der Waals surface area contributed by atoms with Gasteiger partial charge in [0.1, 0.15) is 24.4 Å². The molecule has 2 rings (SSSR count). The molecule has 42 heavy (non-hydrogen) atoms. The number of carbonyl (C=O) groups is 4. The molecular weight excluding hydrogens is 544 g/mol. The number of hydrogen-bond donors (Lipinski definition) is 2. The molecule has 244 valence electrons. The van der Waals surface area contributed by atoms with Crippen LogP contribution in [0.1, 0.15) is 108 Å². The van der Waals surface area contributed by atoms with Crippen molar-refractivity contribution in [3.8, 4) is 0 Å². The Morgan fingerprint density at radius 1 is 0.548 bits per heavy atom. The van der Waals surface area contributed by atoms with E-state index >= 15 is 0 Å². The molecular formula is C32H56O10. The number of ether oxygens (including phenoxy) is 4. The monoisotopic (exact) mass is 600 g/mol. The molecule has 0 aromatic rings. The lowest BCUT2D eigenvalue weighted by molar-refractivity contribution is -0.178. The highest BCUT2D eigenvalue weighted by molar-refractivity contribution is 5.81. The third kappa shape index (κ3) is 12.6. The number of hydrogen-bond acceptors (Lipinski definition) is 10. The van der Waals surface area contributed by atoms with Gasteiger partial charge in [0.05, 0.1) is 0 Å². The van der Waals surface area contributed by atoms with Crippen LogP contribution in [-0.2, 0) is 38.1 Å². The van der Waals surface area contributed by atoms with Crippen LogP contribution in [0, 0.1) is 35.5 Å². The number of esters is 4. The fraction of sp³-hybridized carbons (Fsp3) is 0.875. The van der Waals surface area contributed by atoms with Crippen molar-refractivity contribution in [1.82, 2.24) is 0 Å². The Balaban J connectivity index is 0.000000420. The summed E-state index contributed by atoms with van der Waals surface area (Å²) >= 11 is 0. The molecule has 10 nitrogen and oxygen atoms in total. The quantitative estimate of drug-likeness (QED) is 0.269. The summed E-state index contributed by atoms with van der Waals surface area (Å²) in [6.45, 7) is 18.4. The summed E-state index contributed by atoms with van der Waals surface area (Å²) in [4.78, 5) is 46.7. The Bertz CT molecular complexity index is 797. The lowest BCUT2D eigenvalue weighted by Gasteiger charge is -2.37. The van der Waals surface area contributed by atoms with Gasteiger partial charge in [-0.1, -0.05) is 54.4 Å². The van der Waals surface area contributed by atoms with Crippen LogP contribution in [0.2, 0.25) is 0 Å². The molecule has 10 heteroatoms. The first kappa shape index (κ1) is 37.8. The molecule has 0 aromatic heterocycles. The fourth-order valence-corrected chi connectivity index (χ4v) is 5.63. The maximum atomic E-state index is 12.1. The zero-order chi connectivity index (χ0) is 32.3. The average molecular weight is 601 g/mol. The van der Waals surface area contributed by atoms with Crippen molar-refractivity contribution >= 4 is 23.9 Å². The van der Waals surface area contributed by atoms with Crippen molar-refractivity contribution in [3.05, 3.63) is 0 Å². The van der Waals surface area contributed by atoms with E-state index in [0.29, 0.717) is 35.5 Å². The second-order valence-corrected chi connectivity index (χ2v) is 13.1. The largest absolute Gasteiger partial charge is 0.459 e. The van der Waals surface area contributed by atoms with Crippen molar-refractivity contribution in [2.75, 3.05) is 0 Å². The molecule has 10 atom stereocenters. The van der Waals surface area contributed by atoms with Gasteiger partial charge in [-0.2, -0.15) is 0 Å². The van der Waals surface area contributed by atoms with E-state index in [1.54, 1.807) is 0 Å². The smallest absolute Gasteiger partial charge is 0.347 e.